The van der Waals surface area contributed by atoms with E-state index in [1.54, 1.807) is 6.92 Å². The predicted molar refractivity (Wildman–Crippen MR) is 121 cm³/mol. The molecule has 0 aliphatic heterocycles. The molecule has 1 amide bonds. The lowest BCUT2D eigenvalue weighted by Gasteiger charge is -2.14. The Morgan fingerprint density at radius 1 is 1.09 bits per heavy atom. The Morgan fingerprint density at radius 3 is 2.50 bits per heavy atom. The van der Waals surface area contributed by atoms with E-state index in [-0.39, 0.29) is 24.1 Å². The number of nitrogens with one attached hydrogen (secondary N) is 1. The standard InChI is InChI=1S/C24H22F3N5O2/c1-3-31-15(2)19(12-13-20(33)28-18-11-7-10-17(14-18)24(25,26)27)22(34)32-23(31)29-21(30-32)16-8-5-4-6-9-16/h4-11,14H,3,12-13H2,1-2H3,(H,28,33). The lowest BCUT2D eigenvalue weighted by molar-refractivity contribution is -0.137. The van der Waals surface area contributed by atoms with E-state index in [1.807, 2.05) is 41.8 Å². The molecule has 0 atom stereocenters. The highest BCUT2D eigenvalue weighted by Crippen LogP contribution is 2.30. The van der Waals surface area contributed by atoms with Crippen molar-refractivity contribution in [1.82, 2.24) is 19.2 Å². The summed E-state index contributed by atoms with van der Waals surface area (Å²) in [7, 11) is 0. The third-order valence-corrected chi connectivity index (χ3v) is 5.55. The smallest absolute Gasteiger partial charge is 0.326 e. The van der Waals surface area contributed by atoms with Crippen LogP contribution in [0.4, 0.5) is 18.9 Å². The Balaban J connectivity index is 1.60. The number of nitrogens with zero attached hydrogens (tertiary/aromatic N) is 4. The minimum absolute atomic E-state index is 0.0433. The first-order valence-electron chi connectivity index (χ1n) is 10.7. The van der Waals surface area contributed by atoms with Gasteiger partial charge in [-0.1, -0.05) is 36.4 Å². The molecular weight excluding hydrogens is 447 g/mol. The van der Waals surface area contributed by atoms with Gasteiger partial charge in [-0.05, 0) is 38.5 Å². The number of alkyl halides is 3. The molecule has 2 aromatic heterocycles. The van der Waals surface area contributed by atoms with Gasteiger partial charge in [-0.15, -0.1) is 5.10 Å². The highest BCUT2D eigenvalue weighted by Gasteiger charge is 2.30. The second kappa shape index (κ2) is 9.12. The number of fused-ring (bicyclic) bond motifs is 1. The van der Waals surface area contributed by atoms with Crippen LogP contribution in [-0.4, -0.2) is 25.1 Å². The van der Waals surface area contributed by atoms with Crippen molar-refractivity contribution in [3.63, 3.8) is 0 Å². The van der Waals surface area contributed by atoms with Crippen molar-refractivity contribution in [3.05, 3.63) is 81.8 Å². The fraction of sp³-hybridized carbons (Fsp3) is 0.250. The molecule has 1 N–H and O–H groups in total. The van der Waals surface area contributed by atoms with E-state index in [0.29, 0.717) is 29.4 Å². The zero-order valence-electron chi connectivity index (χ0n) is 18.6. The summed E-state index contributed by atoms with van der Waals surface area (Å²) in [4.78, 5) is 30.2. The number of aryl methyl sites for hydroxylation is 1. The molecule has 0 aliphatic carbocycles. The van der Waals surface area contributed by atoms with Crippen molar-refractivity contribution in [1.29, 1.82) is 0 Å². The first-order valence-corrected chi connectivity index (χ1v) is 10.7. The molecule has 0 radical (unpaired) electrons. The number of aromatic nitrogens is 4. The number of carbonyl (C=O) groups is 1. The minimum atomic E-state index is -4.51. The third kappa shape index (κ3) is 4.57. The summed E-state index contributed by atoms with van der Waals surface area (Å²) in [5, 5.41) is 6.86. The molecule has 10 heteroatoms. The average Bonchev–Trinajstić information content (AvgIpc) is 3.25. The van der Waals surface area contributed by atoms with Gasteiger partial charge in [-0.25, -0.2) is 0 Å². The second-order valence-corrected chi connectivity index (χ2v) is 7.75. The van der Waals surface area contributed by atoms with Crippen LogP contribution in [0.3, 0.4) is 0 Å². The average molecular weight is 469 g/mol. The molecule has 4 rings (SSSR count). The monoisotopic (exact) mass is 469 g/mol. The largest absolute Gasteiger partial charge is 0.416 e. The Hall–Kier alpha value is -3.95. The number of hydrogen-bond acceptors (Lipinski definition) is 4. The van der Waals surface area contributed by atoms with Gasteiger partial charge in [-0.2, -0.15) is 22.7 Å². The van der Waals surface area contributed by atoms with E-state index in [0.717, 1.165) is 17.7 Å². The summed E-state index contributed by atoms with van der Waals surface area (Å²) >= 11 is 0. The quantitative estimate of drug-likeness (QED) is 0.452. The van der Waals surface area contributed by atoms with Crippen molar-refractivity contribution in [2.24, 2.45) is 0 Å². The maximum atomic E-state index is 13.2. The number of benzene rings is 2. The molecule has 0 aliphatic rings. The van der Waals surface area contributed by atoms with Crippen LogP contribution in [0.2, 0.25) is 0 Å². The van der Waals surface area contributed by atoms with Crippen LogP contribution in [0.5, 0.6) is 0 Å². The summed E-state index contributed by atoms with van der Waals surface area (Å²) < 4.78 is 41.8. The van der Waals surface area contributed by atoms with Crippen molar-refractivity contribution >= 4 is 17.4 Å². The van der Waals surface area contributed by atoms with E-state index in [1.165, 1.54) is 16.6 Å². The van der Waals surface area contributed by atoms with E-state index >= 15 is 0 Å². The van der Waals surface area contributed by atoms with Gasteiger partial charge >= 0.3 is 6.18 Å². The number of rotatable bonds is 6. The number of amides is 1. The normalized spacial score (nSPS) is 11.7. The second-order valence-electron chi connectivity index (χ2n) is 7.75. The first kappa shape index (κ1) is 23.2. The van der Waals surface area contributed by atoms with Gasteiger partial charge in [0.2, 0.25) is 11.7 Å². The number of anilines is 1. The summed E-state index contributed by atoms with van der Waals surface area (Å²) in [5.74, 6) is 0.324. The van der Waals surface area contributed by atoms with Gasteiger partial charge in [0.15, 0.2) is 5.82 Å². The maximum Gasteiger partial charge on any atom is 0.416 e. The van der Waals surface area contributed by atoms with Crippen LogP contribution >= 0.6 is 0 Å². The van der Waals surface area contributed by atoms with Crippen molar-refractivity contribution in [2.75, 3.05) is 5.32 Å². The molecule has 0 fully saturated rings. The van der Waals surface area contributed by atoms with Crippen molar-refractivity contribution < 1.29 is 18.0 Å². The van der Waals surface area contributed by atoms with Gasteiger partial charge in [0, 0.05) is 35.5 Å². The summed E-state index contributed by atoms with van der Waals surface area (Å²) in [5.41, 5.74) is 0.656. The highest BCUT2D eigenvalue weighted by molar-refractivity contribution is 5.90. The molecule has 0 saturated heterocycles. The van der Waals surface area contributed by atoms with Crippen LogP contribution in [0.15, 0.2) is 59.4 Å². The zero-order chi connectivity index (χ0) is 24.5. The first-order chi connectivity index (χ1) is 16.2. The van der Waals surface area contributed by atoms with Gasteiger partial charge in [0.05, 0.1) is 5.56 Å². The lowest BCUT2D eigenvalue weighted by atomic mass is 10.1. The van der Waals surface area contributed by atoms with E-state index in [9.17, 15) is 22.8 Å². The molecule has 0 spiro atoms. The van der Waals surface area contributed by atoms with Crippen LogP contribution < -0.4 is 10.9 Å². The van der Waals surface area contributed by atoms with Crippen LogP contribution in [0, 0.1) is 6.92 Å². The van der Waals surface area contributed by atoms with Gasteiger partial charge < -0.3 is 9.88 Å². The minimum Gasteiger partial charge on any atom is -0.326 e. The van der Waals surface area contributed by atoms with Gasteiger partial charge in [-0.3, -0.25) is 9.59 Å². The van der Waals surface area contributed by atoms with Crippen LogP contribution in [0.25, 0.3) is 17.2 Å². The zero-order valence-corrected chi connectivity index (χ0v) is 18.6. The van der Waals surface area contributed by atoms with E-state index in [4.69, 9.17) is 0 Å². The molecular formula is C24H22F3N5O2. The molecule has 2 heterocycles. The number of carbonyl (C=O) groups excluding carboxylic acids is 1. The van der Waals surface area contributed by atoms with Crippen LogP contribution in [-0.2, 0) is 23.9 Å². The molecule has 176 valence electrons. The molecule has 7 nitrogen and oxygen atoms in total. The predicted octanol–water partition coefficient (Wildman–Crippen LogP) is 4.48. The van der Waals surface area contributed by atoms with Gasteiger partial charge in [0.25, 0.3) is 5.56 Å². The molecule has 0 bridgehead atoms. The Labute approximate surface area is 192 Å². The molecule has 0 saturated carbocycles. The highest BCUT2D eigenvalue weighted by atomic mass is 19.4. The Morgan fingerprint density at radius 2 is 1.82 bits per heavy atom. The molecule has 2 aromatic carbocycles. The van der Waals surface area contributed by atoms with Gasteiger partial charge in [0.1, 0.15) is 0 Å². The van der Waals surface area contributed by atoms with E-state index in [2.05, 4.69) is 15.4 Å². The SMILES string of the molecule is CCn1c(C)c(CCC(=O)Nc2cccc(C(F)(F)F)c2)c(=O)n2nc(-c3ccccc3)nc12. The third-order valence-electron chi connectivity index (χ3n) is 5.55. The van der Waals surface area contributed by atoms with Crippen molar-refractivity contribution in [3.8, 4) is 11.4 Å². The topological polar surface area (TPSA) is 81.3 Å². The number of hydrogen-bond donors (Lipinski definition) is 1. The molecule has 4 aromatic rings. The molecule has 34 heavy (non-hydrogen) atoms. The van der Waals surface area contributed by atoms with Crippen molar-refractivity contribution in [2.45, 2.75) is 39.4 Å². The summed E-state index contributed by atoms with van der Waals surface area (Å²) in [6.45, 7) is 4.23. The summed E-state index contributed by atoms with van der Waals surface area (Å²) in [6.07, 6.45) is -4.48. The lowest BCUT2D eigenvalue weighted by Crippen LogP contribution is -2.27. The van der Waals surface area contributed by atoms with Crippen LogP contribution in [0.1, 0.15) is 30.2 Å². The fourth-order valence-electron chi connectivity index (χ4n) is 3.82. The fourth-order valence-corrected chi connectivity index (χ4v) is 3.82. The summed E-state index contributed by atoms with van der Waals surface area (Å²) in [6, 6.07) is 13.7. The van der Waals surface area contributed by atoms with E-state index < -0.39 is 17.6 Å². The maximum absolute atomic E-state index is 13.2. The Kier molecular flexibility index (Phi) is 6.23. The number of halogens is 3. The Bertz CT molecular complexity index is 1410. The molecule has 0 unspecified atom stereocenters.